The molecule has 1 N–H and O–H groups in total. The van der Waals surface area contributed by atoms with Crippen LogP contribution in [-0.2, 0) is 0 Å². The highest BCUT2D eigenvalue weighted by Gasteiger charge is 2.08. The Morgan fingerprint density at radius 1 is 1.20 bits per heavy atom. The predicted molar refractivity (Wildman–Crippen MR) is 93.6 cm³/mol. The van der Waals surface area contributed by atoms with Gasteiger partial charge in [0.1, 0.15) is 0 Å². The summed E-state index contributed by atoms with van der Waals surface area (Å²) in [5.41, 5.74) is 2.53. The summed E-state index contributed by atoms with van der Waals surface area (Å²) in [4.78, 5) is 1.38. The van der Waals surface area contributed by atoms with Gasteiger partial charge in [0.05, 0.1) is 0 Å². The molecule has 0 radical (unpaired) electrons. The van der Waals surface area contributed by atoms with Crippen LogP contribution < -0.4 is 5.32 Å². The molecule has 1 nitrogen and oxygen atoms in total. The van der Waals surface area contributed by atoms with Gasteiger partial charge in [0, 0.05) is 16.3 Å². The Morgan fingerprint density at radius 3 is 2.50 bits per heavy atom. The Labute approximate surface area is 128 Å². The molecule has 0 saturated carbocycles. The van der Waals surface area contributed by atoms with Crippen molar-refractivity contribution in [3.8, 4) is 0 Å². The Bertz CT molecular complexity index is 413. The SMILES string of the molecule is C=CCCC.CSC1=CCCC=C1NC1=CCCC=C1. The molecule has 2 aliphatic carbocycles. The van der Waals surface area contributed by atoms with E-state index in [1.807, 2.05) is 17.8 Å². The maximum atomic E-state index is 3.55. The molecule has 0 saturated heterocycles. The van der Waals surface area contributed by atoms with E-state index in [4.69, 9.17) is 0 Å². The lowest BCUT2D eigenvalue weighted by molar-refractivity contribution is 0.912. The Balaban J connectivity index is 0.000000347. The molecule has 2 rings (SSSR count). The van der Waals surface area contributed by atoms with E-state index in [0.717, 1.165) is 19.3 Å². The van der Waals surface area contributed by atoms with Crippen molar-refractivity contribution in [1.82, 2.24) is 5.32 Å². The van der Waals surface area contributed by atoms with Crippen molar-refractivity contribution in [3.05, 3.63) is 59.3 Å². The Hall–Kier alpha value is -1.15. The molecule has 0 unspecified atom stereocenters. The summed E-state index contributed by atoms with van der Waals surface area (Å²) in [6.45, 7) is 5.69. The van der Waals surface area contributed by atoms with Crippen LogP contribution in [-0.4, -0.2) is 6.26 Å². The second kappa shape index (κ2) is 10.6. The first kappa shape index (κ1) is 16.9. The van der Waals surface area contributed by atoms with Crippen LogP contribution >= 0.6 is 11.8 Å². The summed E-state index contributed by atoms with van der Waals surface area (Å²) < 4.78 is 0. The van der Waals surface area contributed by atoms with Crippen molar-refractivity contribution in [3.63, 3.8) is 0 Å². The van der Waals surface area contributed by atoms with Gasteiger partial charge in [-0.05, 0) is 44.4 Å². The summed E-state index contributed by atoms with van der Waals surface area (Å²) in [5, 5.41) is 3.51. The predicted octanol–water partition coefficient (Wildman–Crippen LogP) is 5.71. The molecule has 0 aromatic carbocycles. The highest BCUT2D eigenvalue weighted by atomic mass is 32.2. The Kier molecular flexibility index (Phi) is 8.97. The van der Waals surface area contributed by atoms with E-state index in [-0.39, 0.29) is 0 Å². The van der Waals surface area contributed by atoms with E-state index in [2.05, 4.69) is 55.5 Å². The zero-order chi connectivity index (χ0) is 14.6. The van der Waals surface area contributed by atoms with E-state index in [9.17, 15) is 0 Å². The van der Waals surface area contributed by atoms with Gasteiger partial charge in [0.2, 0.25) is 0 Å². The van der Waals surface area contributed by atoms with Gasteiger partial charge in [-0.25, -0.2) is 0 Å². The summed E-state index contributed by atoms with van der Waals surface area (Å²) in [7, 11) is 0. The average Bonchev–Trinajstić information content (AvgIpc) is 2.50. The molecular formula is C18H27NS. The molecule has 20 heavy (non-hydrogen) atoms. The topological polar surface area (TPSA) is 12.0 Å². The molecule has 0 aliphatic heterocycles. The van der Waals surface area contributed by atoms with Crippen LogP contribution in [0.4, 0.5) is 0 Å². The highest BCUT2D eigenvalue weighted by molar-refractivity contribution is 8.02. The third-order valence-electron chi connectivity index (χ3n) is 3.10. The highest BCUT2D eigenvalue weighted by Crippen LogP contribution is 2.26. The molecule has 0 heterocycles. The lowest BCUT2D eigenvalue weighted by Gasteiger charge is -2.18. The minimum absolute atomic E-state index is 1.15. The maximum absolute atomic E-state index is 3.55. The van der Waals surface area contributed by atoms with Crippen LogP contribution in [0.1, 0.15) is 45.4 Å². The fourth-order valence-electron chi connectivity index (χ4n) is 2.02. The minimum atomic E-state index is 1.15. The number of hydrogen-bond acceptors (Lipinski definition) is 2. The van der Waals surface area contributed by atoms with Crippen molar-refractivity contribution in [1.29, 1.82) is 0 Å². The second-order valence-electron chi connectivity index (χ2n) is 4.81. The number of rotatable bonds is 5. The van der Waals surface area contributed by atoms with Crippen LogP contribution in [0.25, 0.3) is 0 Å². The van der Waals surface area contributed by atoms with Crippen LogP contribution in [0.3, 0.4) is 0 Å². The van der Waals surface area contributed by atoms with Crippen molar-refractivity contribution in [2.45, 2.75) is 45.4 Å². The van der Waals surface area contributed by atoms with E-state index in [1.165, 1.54) is 35.6 Å². The quantitative estimate of drug-likeness (QED) is 0.651. The Morgan fingerprint density at radius 2 is 1.95 bits per heavy atom. The molecule has 2 aliphatic rings. The van der Waals surface area contributed by atoms with Gasteiger partial charge in [-0.15, -0.1) is 18.3 Å². The third-order valence-corrected chi connectivity index (χ3v) is 3.92. The van der Waals surface area contributed by atoms with Gasteiger partial charge in [-0.2, -0.15) is 0 Å². The summed E-state index contributed by atoms with van der Waals surface area (Å²) in [5.74, 6) is 0. The molecule has 0 aromatic rings. The van der Waals surface area contributed by atoms with Crippen molar-refractivity contribution in [2.24, 2.45) is 0 Å². The monoisotopic (exact) mass is 289 g/mol. The molecule has 2 heteroatoms. The molecule has 0 spiro atoms. The zero-order valence-corrected chi connectivity index (χ0v) is 13.6. The third kappa shape index (κ3) is 6.33. The van der Waals surface area contributed by atoms with E-state index in [1.54, 1.807) is 0 Å². The van der Waals surface area contributed by atoms with Crippen LogP contribution in [0.15, 0.2) is 59.3 Å². The van der Waals surface area contributed by atoms with Crippen molar-refractivity contribution < 1.29 is 0 Å². The van der Waals surface area contributed by atoms with Crippen LogP contribution in [0, 0.1) is 0 Å². The number of allylic oxidation sites excluding steroid dienone is 6. The zero-order valence-electron chi connectivity index (χ0n) is 12.8. The smallest absolute Gasteiger partial charge is 0.0478 e. The van der Waals surface area contributed by atoms with Crippen LogP contribution in [0.5, 0.6) is 0 Å². The first-order valence-electron chi connectivity index (χ1n) is 7.51. The summed E-state index contributed by atoms with van der Waals surface area (Å²) in [6.07, 6.45) is 22.4. The number of hydrogen-bond donors (Lipinski definition) is 1. The van der Waals surface area contributed by atoms with Gasteiger partial charge < -0.3 is 5.32 Å². The van der Waals surface area contributed by atoms with Crippen molar-refractivity contribution in [2.75, 3.05) is 6.26 Å². The van der Waals surface area contributed by atoms with Gasteiger partial charge in [-0.3, -0.25) is 0 Å². The van der Waals surface area contributed by atoms with Gasteiger partial charge in [-0.1, -0.05) is 43.7 Å². The van der Waals surface area contributed by atoms with E-state index < -0.39 is 0 Å². The lowest BCUT2D eigenvalue weighted by Crippen LogP contribution is -2.14. The molecule has 0 aromatic heterocycles. The van der Waals surface area contributed by atoms with Gasteiger partial charge in [0.15, 0.2) is 0 Å². The fraction of sp³-hybridized carbons (Fsp3) is 0.444. The molecule has 0 atom stereocenters. The molecule has 0 bridgehead atoms. The van der Waals surface area contributed by atoms with Gasteiger partial charge in [0.25, 0.3) is 0 Å². The van der Waals surface area contributed by atoms with Crippen molar-refractivity contribution >= 4 is 11.8 Å². The first-order valence-corrected chi connectivity index (χ1v) is 8.73. The summed E-state index contributed by atoms with van der Waals surface area (Å²) in [6, 6.07) is 0. The van der Waals surface area contributed by atoms with Gasteiger partial charge >= 0.3 is 0 Å². The van der Waals surface area contributed by atoms with Crippen LogP contribution in [0.2, 0.25) is 0 Å². The molecule has 0 amide bonds. The molecular weight excluding hydrogens is 262 g/mol. The number of nitrogens with one attached hydrogen (secondary N) is 1. The first-order chi connectivity index (χ1) is 9.81. The number of thioether (sulfide) groups is 1. The lowest BCUT2D eigenvalue weighted by atomic mass is 10.1. The number of unbranched alkanes of at least 4 members (excludes halogenated alkanes) is 1. The maximum Gasteiger partial charge on any atom is 0.0478 e. The minimum Gasteiger partial charge on any atom is -0.355 e. The standard InChI is InChI=1S/C13H17NS.C5H10/c1-15-13-10-6-5-9-12(13)14-11-7-3-2-4-8-11;1-3-5-4-2/h3,7-10,14H,2,4-6H2,1H3;3H,1,4-5H2,2H3. The second-order valence-corrected chi connectivity index (χ2v) is 5.66. The molecule has 110 valence electrons. The van der Waals surface area contributed by atoms with E-state index in [0.29, 0.717) is 0 Å². The molecule has 0 fully saturated rings. The summed E-state index contributed by atoms with van der Waals surface area (Å²) >= 11 is 1.82. The average molecular weight is 289 g/mol. The fourth-order valence-corrected chi connectivity index (χ4v) is 2.66. The van der Waals surface area contributed by atoms with E-state index >= 15 is 0 Å². The normalized spacial score (nSPS) is 17.2. The largest absolute Gasteiger partial charge is 0.355 e.